The van der Waals surface area contributed by atoms with Crippen molar-refractivity contribution in [3.63, 3.8) is 0 Å². The topological polar surface area (TPSA) is 46.2 Å². The van der Waals surface area contributed by atoms with Gasteiger partial charge in [0.15, 0.2) is 0 Å². The van der Waals surface area contributed by atoms with E-state index in [1.807, 2.05) is 30.3 Å². The fourth-order valence-electron chi connectivity index (χ4n) is 2.61. The molecule has 0 saturated carbocycles. The number of carbonyl (C=O) groups excluding carboxylic acids is 2. The minimum Gasteiger partial charge on any atom is -0.307 e. The number of hydrogen-bond acceptors (Lipinski definition) is 3. The molecule has 0 radical (unpaired) electrons. The molecule has 1 saturated heterocycles. The van der Waals surface area contributed by atoms with Gasteiger partial charge in [-0.2, -0.15) is 0 Å². The zero-order valence-electron chi connectivity index (χ0n) is 11.2. The van der Waals surface area contributed by atoms with Gasteiger partial charge in [0.25, 0.3) is 0 Å². The molecule has 3 nitrogen and oxygen atoms in total. The number of hydrogen-bond donors (Lipinski definition) is 1. The number of rotatable bonds is 6. The van der Waals surface area contributed by atoms with Gasteiger partial charge in [0.05, 0.1) is 6.04 Å². The Balaban J connectivity index is 1.88. The average molecular weight is 259 g/mol. The summed E-state index contributed by atoms with van der Waals surface area (Å²) < 4.78 is 0. The zero-order chi connectivity index (χ0) is 13.5. The lowest BCUT2D eigenvalue weighted by Crippen LogP contribution is -2.41. The molecule has 1 fully saturated rings. The molecular weight excluding hydrogens is 238 g/mol. The molecule has 3 heteroatoms. The van der Waals surface area contributed by atoms with Crippen LogP contribution in [0.1, 0.15) is 31.2 Å². The Morgan fingerprint density at radius 1 is 1.32 bits per heavy atom. The highest BCUT2D eigenvalue weighted by Crippen LogP contribution is 2.15. The Bertz CT molecular complexity index is 410. The molecule has 0 aliphatic carbocycles. The first kappa shape index (κ1) is 13.9. The highest BCUT2D eigenvalue weighted by molar-refractivity contribution is 5.86. The SMILES string of the molecule is O=CC(CC(=O)C1CCCCN1)Cc1ccccc1. The van der Waals surface area contributed by atoms with Crippen molar-refractivity contribution in [3.8, 4) is 0 Å². The van der Waals surface area contributed by atoms with Gasteiger partial charge in [0.1, 0.15) is 12.1 Å². The fraction of sp³-hybridized carbons (Fsp3) is 0.500. The maximum Gasteiger partial charge on any atom is 0.150 e. The first-order valence-corrected chi connectivity index (χ1v) is 7.05. The van der Waals surface area contributed by atoms with E-state index in [-0.39, 0.29) is 17.7 Å². The Morgan fingerprint density at radius 3 is 2.74 bits per heavy atom. The van der Waals surface area contributed by atoms with Crippen LogP contribution >= 0.6 is 0 Å². The Hall–Kier alpha value is -1.48. The second kappa shape index (κ2) is 7.19. The van der Waals surface area contributed by atoms with E-state index >= 15 is 0 Å². The molecule has 1 aromatic rings. The maximum absolute atomic E-state index is 12.1. The molecule has 2 unspecified atom stereocenters. The minimum atomic E-state index is -0.196. The summed E-state index contributed by atoms with van der Waals surface area (Å²) in [7, 11) is 0. The Morgan fingerprint density at radius 2 is 2.11 bits per heavy atom. The van der Waals surface area contributed by atoms with Gasteiger partial charge in [0, 0.05) is 12.3 Å². The summed E-state index contributed by atoms with van der Waals surface area (Å²) in [6, 6.07) is 9.84. The van der Waals surface area contributed by atoms with Gasteiger partial charge < -0.3 is 10.1 Å². The maximum atomic E-state index is 12.1. The molecule has 0 spiro atoms. The van der Waals surface area contributed by atoms with E-state index in [0.29, 0.717) is 12.8 Å². The summed E-state index contributed by atoms with van der Waals surface area (Å²) in [6.45, 7) is 0.918. The molecular formula is C16H21NO2. The number of piperidine rings is 1. The number of nitrogens with one attached hydrogen (secondary N) is 1. The van der Waals surface area contributed by atoms with Gasteiger partial charge in [-0.1, -0.05) is 36.8 Å². The number of aldehydes is 1. The van der Waals surface area contributed by atoms with Crippen LogP contribution in [0.5, 0.6) is 0 Å². The van der Waals surface area contributed by atoms with Crippen LogP contribution in [0.4, 0.5) is 0 Å². The lowest BCUT2D eigenvalue weighted by molar-refractivity contribution is -0.124. The standard InChI is InChI=1S/C16H21NO2/c18-12-14(10-13-6-2-1-3-7-13)11-16(19)15-8-4-5-9-17-15/h1-3,6-7,12,14-15,17H,4-5,8-11H2. The molecule has 1 aliphatic heterocycles. The molecule has 1 N–H and O–H groups in total. The van der Waals surface area contributed by atoms with Crippen molar-refractivity contribution in [1.82, 2.24) is 5.32 Å². The normalized spacial score (nSPS) is 20.7. The van der Waals surface area contributed by atoms with E-state index in [4.69, 9.17) is 0 Å². The number of ketones is 1. The quantitative estimate of drug-likeness (QED) is 0.796. The molecule has 0 bridgehead atoms. The largest absolute Gasteiger partial charge is 0.307 e. The molecule has 2 rings (SSSR count). The highest BCUT2D eigenvalue weighted by Gasteiger charge is 2.23. The second-order valence-electron chi connectivity index (χ2n) is 5.26. The van der Waals surface area contributed by atoms with E-state index < -0.39 is 0 Å². The third kappa shape index (κ3) is 4.28. The van der Waals surface area contributed by atoms with Crippen molar-refractivity contribution in [2.75, 3.05) is 6.54 Å². The molecule has 1 aliphatic rings. The summed E-state index contributed by atoms with van der Waals surface area (Å²) in [4.78, 5) is 23.3. The van der Waals surface area contributed by atoms with Crippen LogP contribution in [0.15, 0.2) is 30.3 Å². The van der Waals surface area contributed by atoms with Gasteiger partial charge >= 0.3 is 0 Å². The van der Waals surface area contributed by atoms with Crippen LogP contribution in [-0.4, -0.2) is 24.7 Å². The van der Waals surface area contributed by atoms with Gasteiger partial charge in [-0.05, 0) is 31.4 Å². The van der Waals surface area contributed by atoms with E-state index in [1.54, 1.807) is 0 Å². The van der Waals surface area contributed by atoms with Gasteiger partial charge in [-0.15, -0.1) is 0 Å². The third-order valence-electron chi connectivity index (χ3n) is 3.70. The average Bonchev–Trinajstić information content (AvgIpc) is 2.48. The molecule has 2 atom stereocenters. The Labute approximate surface area is 114 Å². The summed E-state index contributed by atoms with van der Waals surface area (Å²) in [6.07, 6.45) is 5.10. The van der Waals surface area contributed by atoms with E-state index in [9.17, 15) is 9.59 Å². The van der Waals surface area contributed by atoms with Gasteiger partial charge in [-0.25, -0.2) is 0 Å². The Kier molecular flexibility index (Phi) is 5.28. The molecule has 0 aromatic heterocycles. The van der Waals surface area contributed by atoms with E-state index in [1.165, 1.54) is 0 Å². The van der Waals surface area contributed by atoms with Crippen LogP contribution in [0, 0.1) is 5.92 Å². The smallest absolute Gasteiger partial charge is 0.150 e. The monoisotopic (exact) mass is 259 g/mol. The summed E-state index contributed by atoms with van der Waals surface area (Å²) in [5.41, 5.74) is 1.11. The van der Waals surface area contributed by atoms with Crippen LogP contribution < -0.4 is 5.32 Å². The van der Waals surface area contributed by atoms with Crippen molar-refractivity contribution in [2.24, 2.45) is 5.92 Å². The van der Waals surface area contributed by atoms with E-state index in [0.717, 1.165) is 37.7 Å². The molecule has 0 amide bonds. The van der Waals surface area contributed by atoms with Crippen molar-refractivity contribution < 1.29 is 9.59 Å². The highest BCUT2D eigenvalue weighted by atomic mass is 16.1. The van der Waals surface area contributed by atoms with Crippen LogP contribution in [-0.2, 0) is 16.0 Å². The zero-order valence-corrected chi connectivity index (χ0v) is 11.2. The van der Waals surface area contributed by atoms with Crippen LogP contribution in [0.25, 0.3) is 0 Å². The second-order valence-corrected chi connectivity index (χ2v) is 5.26. The lowest BCUT2D eigenvalue weighted by atomic mass is 9.91. The van der Waals surface area contributed by atoms with Crippen molar-refractivity contribution in [1.29, 1.82) is 0 Å². The summed E-state index contributed by atoms with van der Waals surface area (Å²) in [5, 5.41) is 3.25. The predicted molar refractivity (Wildman–Crippen MR) is 75.0 cm³/mol. The van der Waals surface area contributed by atoms with Crippen LogP contribution in [0.2, 0.25) is 0 Å². The molecule has 1 aromatic carbocycles. The van der Waals surface area contributed by atoms with E-state index in [2.05, 4.69) is 5.32 Å². The predicted octanol–water partition coefficient (Wildman–Crippen LogP) is 2.15. The van der Waals surface area contributed by atoms with Gasteiger partial charge in [-0.3, -0.25) is 4.79 Å². The lowest BCUT2D eigenvalue weighted by Gasteiger charge is -2.23. The molecule has 102 valence electrons. The summed E-state index contributed by atoms with van der Waals surface area (Å²) >= 11 is 0. The van der Waals surface area contributed by atoms with Crippen molar-refractivity contribution in [2.45, 2.75) is 38.1 Å². The first-order chi connectivity index (χ1) is 9.29. The molecule has 1 heterocycles. The number of carbonyl (C=O) groups is 2. The minimum absolute atomic E-state index is 0.0352. The third-order valence-corrected chi connectivity index (χ3v) is 3.70. The number of Topliss-reactive ketones (excluding diaryl/α,β-unsaturated/α-hetero) is 1. The summed E-state index contributed by atoms with van der Waals surface area (Å²) in [5.74, 6) is -0.00800. The van der Waals surface area contributed by atoms with Crippen LogP contribution in [0.3, 0.4) is 0 Å². The van der Waals surface area contributed by atoms with Crippen molar-refractivity contribution >= 4 is 12.1 Å². The van der Waals surface area contributed by atoms with Crippen molar-refractivity contribution in [3.05, 3.63) is 35.9 Å². The fourth-order valence-corrected chi connectivity index (χ4v) is 2.61. The van der Waals surface area contributed by atoms with Gasteiger partial charge in [0.2, 0.25) is 0 Å². The molecule has 19 heavy (non-hydrogen) atoms. The number of benzene rings is 1. The first-order valence-electron chi connectivity index (χ1n) is 7.05.